The second-order valence-corrected chi connectivity index (χ2v) is 11.1. The minimum atomic E-state index is -0.0357. The van der Waals surface area contributed by atoms with Crippen molar-refractivity contribution in [3.8, 4) is 5.75 Å². The molecule has 170 valence electrons. The number of hydrogen-bond acceptors (Lipinski definition) is 1. The van der Waals surface area contributed by atoms with E-state index in [-0.39, 0.29) is 16.7 Å². The molecule has 33 heavy (non-hydrogen) atoms. The van der Waals surface area contributed by atoms with E-state index in [0.29, 0.717) is 0 Å². The average Bonchev–Trinajstić information content (AvgIpc) is 2.78. The second-order valence-electron chi connectivity index (χ2n) is 11.1. The molecular weight excluding hydrogens is 400 g/mol. The first-order chi connectivity index (χ1) is 15.6. The van der Waals surface area contributed by atoms with Gasteiger partial charge in [0.05, 0.1) is 7.11 Å². The van der Waals surface area contributed by atoms with Crippen LogP contribution in [0, 0.1) is 0 Å². The largest absolute Gasteiger partial charge is 0.496 e. The summed E-state index contributed by atoms with van der Waals surface area (Å²) in [6, 6.07) is 31.1. The molecule has 1 heteroatoms. The van der Waals surface area contributed by atoms with Crippen molar-refractivity contribution in [2.75, 3.05) is 7.11 Å². The van der Waals surface area contributed by atoms with Gasteiger partial charge >= 0.3 is 0 Å². The molecule has 0 amide bonds. The summed E-state index contributed by atoms with van der Waals surface area (Å²) in [5.74, 6) is 1.16. The smallest absolute Gasteiger partial charge is 0.126 e. The zero-order chi connectivity index (χ0) is 23.8. The Balaban J connectivity index is 2.03. The van der Waals surface area contributed by atoms with Gasteiger partial charge in [-0.1, -0.05) is 126 Å². The highest BCUT2D eigenvalue weighted by molar-refractivity contribution is 5.83. The maximum absolute atomic E-state index is 6.03. The molecule has 1 atom stereocenters. The lowest BCUT2D eigenvalue weighted by atomic mass is 9.75. The highest BCUT2D eigenvalue weighted by atomic mass is 16.5. The predicted octanol–water partition coefficient (Wildman–Crippen LogP) is 8.62. The third-order valence-electron chi connectivity index (χ3n) is 6.50. The summed E-state index contributed by atoms with van der Waals surface area (Å²) in [5.41, 5.74) is 6.37. The molecule has 0 aromatic heterocycles. The molecule has 0 aliphatic heterocycles. The van der Waals surface area contributed by atoms with Gasteiger partial charge in [0.15, 0.2) is 0 Å². The van der Waals surface area contributed by atoms with Crippen molar-refractivity contribution in [1.82, 2.24) is 0 Å². The van der Waals surface area contributed by atoms with Crippen LogP contribution >= 0.6 is 0 Å². The molecule has 0 N–H and O–H groups in total. The summed E-state index contributed by atoms with van der Waals surface area (Å²) in [4.78, 5) is 0. The van der Waals surface area contributed by atoms with Gasteiger partial charge in [-0.25, -0.2) is 0 Å². The van der Waals surface area contributed by atoms with Crippen LogP contribution in [0.25, 0.3) is 10.8 Å². The van der Waals surface area contributed by atoms with Crippen molar-refractivity contribution >= 4 is 10.8 Å². The summed E-state index contributed by atoms with van der Waals surface area (Å²) in [5, 5.41) is 2.55. The monoisotopic (exact) mass is 436 g/mol. The number of benzene rings is 4. The third kappa shape index (κ3) is 4.69. The van der Waals surface area contributed by atoms with Crippen LogP contribution in [-0.4, -0.2) is 7.11 Å². The molecule has 1 nitrogen and oxygen atoms in total. The second kappa shape index (κ2) is 8.71. The van der Waals surface area contributed by atoms with E-state index in [9.17, 15) is 0 Å². The zero-order valence-electron chi connectivity index (χ0n) is 21.1. The van der Waals surface area contributed by atoms with Crippen molar-refractivity contribution in [3.05, 3.63) is 113 Å². The fourth-order valence-corrected chi connectivity index (χ4v) is 4.76. The summed E-state index contributed by atoms with van der Waals surface area (Å²) >= 11 is 0. The average molecular weight is 437 g/mol. The fraction of sp³-hybridized carbons (Fsp3) is 0.312. The third-order valence-corrected chi connectivity index (χ3v) is 6.50. The Morgan fingerprint density at radius 1 is 0.545 bits per heavy atom. The van der Waals surface area contributed by atoms with Crippen LogP contribution in [0.15, 0.2) is 84.9 Å². The summed E-state index contributed by atoms with van der Waals surface area (Å²) in [7, 11) is 1.80. The summed E-state index contributed by atoms with van der Waals surface area (Å²) in [6.45, 7) is 13.6. The maximum Gasteiger partial charge on any atom is 0.126 e. The van der Waals surface area contributed by atoms with Gasteiger partial charge in [-0.2, -0.15) is 0 Å². The molecule has 0 aliphatic rings. The van der Waals surface area contributed by atoms with Crippen LogP contribution in [0.3, 0.4) is 0 Å². The van der Waals surface area contributed by atoms with Crippen LogP contribution in [0.1, 0.15) is 75.3 Å². The van der Waals surface area contributed by atoms with Crippen LogP contribution in [0.5, 0.6) is 5.75 Å². The van der Waals surface area contributed by atoms with E-state index in [0.717, 1.165) is 5.75 Å². The highest BCUT2D eigenvalue weighted by Crippen LogP contribution is 2.44. The Bertz CT molecular complexity index is 1220. The van der Waals surface area contributed by atoms with E-state index in [4.69, 9.17) is 4.74 Å². The molecule has 0 heterocycles. The van der Waals surface area contributed by atoms with Gasteiger partial charge < -0.3 is 4.74 Å². The van der Waals surface area contributed by atoms with E-state index in [2.05, 4.69) is 126 Å². The molecule has 0 fully saturated rings. The van der Waals surface area contributed by atoms with Crippen LogP contribution in [0.4, 0.5) is 0 Å². The van der Waals surface area contributed by atoms with Crippen LogP contribution < -0.4 is 4.74 Å². The minimum absolute atomic E-state index is 0.0357. The van der Waals surface area contributed by atoms with Gasteiger partial charge in [-0.15, -0.1) is 0 Å². The maximum atomic E-state index is 6.03. The van der Waals surface area contributed by atoms with Gasteiger partial charge in [-0.3, -0.25) is 0 Å². The molecule has 0 radical (unpaired) electrons. The van der Waals surface area contributed by atoms with Gasteiger partial charge in [0.25, 0.3) is 0 Å². The molecule has 0 unspecified atom stereocenters. The zero-order valence-corrected chi connectivity index (χ0v) is 21.1. The lowest BCUT2D eigenvalue weighted by molar-refractivity contribution is 0.381. The van der Waals surface area contributed by atoms with Crippen molar-refractivity contribution in [2.45, 2.75) is 58.3 Å². The highest BCUT2D eigenvalue weighted by Gasteiger charge is 2.30. The molecule has 0 saturated carbocycles. The fourth-order valence-electron chi connectivity index (χ4n) is 4.76. The number of fused-ring (bicyclic) bond motifs is 1. The van der Waals surface area contributed by atoms with Gasteiger partial charge in [0.1, 0.15) is 5.75 Å². The van der Waals surface area contributed by atoms with Crippen molar-refractivity contribution < 1.29 is 4.74 Å². The number of methoxy groups -OCH3 is 1. The number of hydrogen-bond donors (Lipinski definition) is 0. The van der Waals surface area contributed by atoms with Gasteiger partial charge in [-0.05, 0) is 38.3 Å². The van der Waals surface area contributed by atoms with Crippen molar-refractivity contribution in [2.24, 2.45) is 0 Å². The molecular formula is C32H36O. The Labute approximate surface area is 199 Å². The first-order valence-electron chi connectivity index (χ1n) is 11.9. The number of rotatable bonds is 4. The van der Waals surface area contributed by atoms with E-state index < -0.39 is 0 Å². The first kappa shape index (κ1) is 23.1. The molecule has 0 bridgehead atoms. The van der Waals surface area contributed by atoms with Gasteiger partial charge in [0.2, 0.25) is 0 Å². The number of ether oxygens (including phenoxy) is 1. The molecule has 0 aliphatic carbocycles. The summed E-state index contributed by atoms with van der Waals surface area (Å²) < 4.78 is 6.03. The van der Waals surface area contributed by atoms with Crippen LogP contribution in [0.2, 0.25) is 0 Å². The van der Waals surface area contributed by atoms with E-state index in [1.165, 1.54) is 38.6 Å². The predicted molar refractivity (Wildman–Crippen MR) is 142 cm³/mol. The first-order valence-corrected chi connectivity index (χ1v) is 11.9. The minimum Gasteiger partial charge on any atom is -0.496 e. The molecule has 4 aromatic rings. The Morgan fingerprint density at radius 3 is 1.64 bits per heavy atom. The van der Waals surface area contributed by atoms with E-state index in [1.807, 2.05) is 0 Å². The standard InChI is InChI=1S/C32H36O/c1-31(2,3)27-20-26(21-28(30(27)33-7)32(4,5)6)29(23-14-9-8-10-15-23)25-18-17-22-13-11-12-16-24(22)19-25/h8-21,29H,1-7H3/t29-/m1/s1. The lowest BCUT2D eigenvalue weighted by Gasteiger charge is -2.32. The summed E-state index contributed by atoms with van der Waals surface area (Å²) in [6.07, 6.45) is 0. The topological polar surface area (TPSA) is 9.23 Å². The Morgan fingerprint density at radius 2 is 1.09 bits per heavy atom. The van der Waals surface area contributed by atoms with Gasteiger partial charge in [0, 0.05) is 17.0 Å². The van der Waals surface area contributed by atoms with Crippen molar-refractivity contribution in [1.29, 1.82) is 0 Å². The normalized spacial score (nSPS) is 13.2. The van der Waals surface area contributed by atoms with E-state index >= 15 is 0 Å². The van der Waals surface area contributed by atoms with Crippen LogP contribution in [-0.2, 0) is 10.8 Å². The Hall–Kier alpha value is -3.06. The molecule has 0 spiro atoms. The molecule has 4 aromatic carbocycles. The Kier molecular flexibility index (Phi) is 6.10. The van der Waals surface area contributed by atoms with Crippen molar-refractivity contribution in [3.63, 3.8) is 0 Å². The lowest BCUT2D eigenvalue weighted by Crippen LogP contribution is -2.20. The quantitative estimate of drug-likeness (QED) is 0.291. The van der Waals surface area contributed by atoms with E-state index in [1.54, 1.807) is 7.11 Å². The molecule has 4 rings (SSSR count). The molecule has 0 saturated heterocycles. The SMILES string of the molecule is COc1c(C(C)(C)C)cc([C@H](c2ccccc2)c2ccc3ccccc3c2)cc1C(C)(C)C.